The Balaban J connectivity index is 1.57. The molecule has 0 aliphatic heterocycles. The third-order valence-corrected chi connectivity index (χ3v) is 3.44. The molecule has 0 saturated heterocycles. The Morgan fingerprint density at radius 3 is 3.06 bits per heavy atom. The van der Waals surface area contributed by atoms with E-state index in [-0.39, 0.29) is 17.9 Å². The van der Waals surface area contributed by atoms with Crippen LogP contribution in [0.5, 0.6) is 0 Å². The smallest absolute Gasteiger partial charge is 0.220 e. The molecule has 1 aromatic heterocycles. The Hall–Kier alpha value is -1.43. The summed E-state index contributed by atoms with van der Waals surface area (Å²) in [5.74, 6) is 0.290. The van der Waals surface area contributed by atoms with Crippen LogP contribution in [0.4, 0.5) is 0 Å². The van der Waals surface area contributed by atoms with Crippen LogP contribution in [0, 0.1) is 5.92 Å². The molecule has 0 aromatic carbocycles. The van der Waals surface area contributed by atoms with E-state index in [2.05, 4.69) is 15.4 Å². The molecule has 1 amide bonds. The molecule has 0 radical (unpaired) electrons. The number of hydrogen-bond donors (Lipinski definition) is 2. The van der Waals surface area contributed by atoms with Gasteiger partial charge in [0.05, 0.1) is 6.10 Å². The van der Waals surface area contributed by atoms with Gasteiger partial charge < -0.3 is 10.4 Å². The lowest BCUT2D eigenvalue weighted by molar-refractivity contribution is -0.121. The second-order valence-corrected chi connectivity index (χ2v) is 4.82. The molecule has 6 nitrogen and oxygen atoms in total. The number of carbonyl (C=O) groups is 1. The number of carbonyl (C=O) groups excluding carboxylic acids is 1. The van der Waals surface area contributed by atoms with Gasteiger partial charge in [-0.3, -0.25) is 9.48 Å². The molecule has 2 N–H and O–H groups in total. The van der Waals surface area contributed by atoms with E-state index in [9.17, 15) is 9.90 Å². The lowest BCUT2D eigenvalue weighted by Gasteiger charge is -2.14. The highest BCUT2D eigenvalue weighted by Gasteiger charge is 2.25. The molecular formula is C12H20N4O2. The topological polar surface area (TPSA) is 80.0 Å². The van der Waals surface area contributed by atoms with Crippen molar-refractivity contribution in [2.24, 2.45) is 5.92 Å². The van der Waals surface area contributed by atoms with Crippen LogP contribution < -0.4 is 5.32 Å². The van der Waals surface area contributed by atoms with Crippen molar-refractivity contribution in [3.05, 3.63) is 12.7 Å². The van der Waals surface area contributed by atoms with Crippen LogP contribution in [0.2, 0.25) is 0 Å². The van der Waals surface area contributed by atoms with Crippen molar-refractivity contribution < 1.29 is 9.90 Å². The summed E-state index contributed by atoms with van der Waals surface area (Å²) in [5.41, 5.74) is 0. The van der Waals surface area contributed by atoms with Crippen LogP contribution in [0.25, 0.3) is 0 Å². The van der Waals surface area contributed by atoms with Crippen molar-refractivity contribution in [2.75, 3.05) is 6.54 Å². The van der Waals surface area contributed by atoms with Crippen molar-refractivity contribution in [3.63, 3.8) is 0 Å². The number of aryl methyl sites for hydroxylation is 1. The van der Waals surface area contributed by atoms with Gasteiger partial charge in [-0.2, -0.15) is 5.10 Å². The highest BCUT2D eigenvalue weighted by Crippen LogP contribution is 2.24. The largest absolute Gasteiger partial charge is 0.393 e. The number of rotatable bonds is 6. The Morgan fingerprint density at radius 1 is 1.50 bits per heavy atom. The summed E-state index contributed by atoms with van der Waals surface area (Å²) in [5, 5.41) is 16.5. The minimum Gasteiger partial charge on any atom is -0.393 e. The maximum absolute atomic E-state index is 11.6. The quantitative estimate of drug-likeness (QED) is 0.765. The molecule has 0 bridgehead atoms. The average Bonchev–Trinajstić information content (AvgIpc) is 2.98. The number of nitrogens with one attached hydrogen (secondary N) is 1. The maximum atomic E-state index is 11.6. The summed E-state index contributed by atoms with van der Waals surface area (Å²) >= 11 is 0. The van der Waals surface area contributed by atoms with Crippen molar-refractivity contribution >= 4 is 5.91 Å². The normalized spacial score (nSPS) is 23.2. The van der Waals surface area contributed by atoms with E-state index in [0.717, 1.165) is 25.7 Å². The summed E-state index contributed by atoms with van der Waals surface area (Å²) < 4.78 is 1.72. The Kier molecular flexibility index (Phi) is 4.69. The fraction of sp³-hybridized carbons (Fsp3) is 0.750. The van der Waals surface area contributed by atoms with Gasteiger partial charge in [0.2, 0.25) is 5.91 Å². The standard InChI is InChI=1S/C12H20N4O2/c17-11-4-1-3-10(11)7-14-12(18)5-2-6-16-9-13-8-15-16/h8-11,17H,1-7H2,(H,14,18). The minimum absolute atomic E-state index is 0.0502. The highest BCUT2D eigenvalue weighted by molar-refractivity contribution is 5.75. The molecule has 1 aliphatic carbocycles. The number of aromatic nitrogens is 3. The average molecular weight is 252 g/mol. The molecular weight excluding hydrogens is 232 g/mol. The van der Waals surface area contributed by atoms with Crippen molar-refractivity contribution in [3.8, 4) is 0 Å². The van der Waals surface area contributed by atoms with Crippen molar-refractivity contribution in [2.45, 2.75) is 44.8 Å². The van der Waals surface area contributed by atoms with Gasteiger partial charge in [-0.1, -0.05) is 6.42 Å². The molecule has 6 heteroatoms. The molecule has 18 heavy (non-hydrogen) atoms. The van der Waals surface area contributed by atoms with Gasteiger partial charge in [-0.05, 0) is 19.3 Å². The zero-order chi connectivity index (χ0) is 12.8. The highest BCUT2D eigenvalue weighted by atomic mass is 16.3. The zero-order valence-corrected chi connectivity index (χ0v) is 10.5. The number of amides is 1. The van der Waals surface area contributed by atoms with Gasteiger partial charge in [0.25, 0.3) is 0 Å². The predicted molar refractivity (Wildman–Crippen MR) is 65.6 cm³/mol. The monoisotopic (exact) mass is 252 g/mol. The summed E-state index contributed by atoms with van der Waals surface area (Å²) in [4.78, 5) is 15.4. The maximum Gasteiger partial charge on any atom is 0.220 e. The lowest BCUT2D eigenvalue weighted by Crippen LogP contribution is -2.32. The van der Waals surface area contributed by atoms with E-state index < -0.39 is 0 Å². The molecule has 2 unspecified atom stereocenters. The third-order valence-electron chi connectivity index (χ3n) is 3.44. The lowest BCUT2D eigenvalue weighted by atomic mass is 10.1. The first-order valence-corrected chi connectivity index (χ1v) is 6.53. The van der Waals surface area contributed by atoms with Gasteiger partial charge in [0.1, 0.15) is 12.7 Å². The molecule has 0 spiro atoms. The second-order valence-electron chi connectivity index (χ2n) is 4.82. The van der Waals surface area contributed by atoms with Crippen LogP contribution in [-0.2, 0) is 11.3 Å². The molecule has 1 aliphatic rings. The Labute approximate surface area is 106 Å². The number of aliphatic hydroxyl groups is 1. The number of hydrogen-bond acceptors (Lipinski definition) is 4. The van der Waals surface area contributed by atoms with Gasteiger partial charge in [-0.25, -0.2) is 4.98 Å². The first-order chi connectivity index (χ1) is 8.75. The van der Waals surface area contributed by atoms with Crippen LogP contribution in [0.15, 0.2) is 12.7 Å². The van der Waals surface area contributed by atoms with Crippen molar-refractivity contribution in [1.82, 2.24) is 20.1 Å². The summed E-state index contributed by atoms with van der Waals surface area (Å²) in [6.45, 7) is 1.31. The Morgan fingerprint density at radius 2 is 2.39 bits per heavy atom. The van der Waals surface area contributed by atoms with Gasteiger partial charge in [0, 0.05) is 25.4 Å². The van der Waals surface area contributed by atoms with Gasteiger partial charge >= 0.3 is 0 Å². The summed E-state index contributed by atoms with van der Waals surface area (Å²) in [6, 6.07) is 0. The first-order valence-electron chi connectivity index (χ1n) is 6.53. The summed E-state index contributed by atoms with van der Waals surface area (Å²) in [6.07, 6.45) is 7.08. The van der Waals surface area contributed by atoms with E-state index in [0.29, 0.717) is 19.5 Å². The van der Waals surface area contributed by atoms with E-state index >= 15 is 0 Å². The number of aliphatic hydroxyl groups excluding tert-OH is 1. The minimum atomic E-state index is -0.236. The molecule has 1 aromatic rings. The molecule has 2 rings (SSSR count). The Bertz CT molecular complexity index is 366. The molecule has 1 fully saturated rings. The molecule has 1 saturated carbocycles. The predicted octanol–water partition coefficient (Wildman–Crippen LogP) is 0.335. The summed E-state index contributed by atoms with van der Waals surface area (Å²) in [7, 11) is 0. The van der Waals surface area contributed by atoms with E-state index in [1.54, 1.807) is 11.0 Å². The third kappa shape index (κ3) is 3.80. The van der Waals surface area contributed by atoms with Crippen molar-refractivity contribution in [1.29, 1.82) is 0 Å². The van der Waals surface area contributed by atoms with Crippen LogP contribution in [0.3, 0.4) is 0 Å². The van der Waals surface area contributed by atoms with Gasteiger partial charge in [-0.15, -0.1) is 0 Å². The van der Waals surface area contributed by atoms with Gasteiger partial charge in [0.15, 0.2) is 0 Å². The van der Waals surface area contributed by atoms with Crippen LogP contribution in [0.1, 0.15) is 32.1 Å². The number of nitrogens with zero attached hydrogens (tertiary/aromatic N) is 3. The van der Waals surface area contributed by atoms with E-state index in [1.165, 1.54) is 6.33 Å². The van der Waals surface area contributed by atoms with Crippen LogP contribution in [-0.4, -0.2) is 38.4 Å². The fourth-order valence-electron chi connectivity index (χ4n) is 2.34. The SMILES string of the molecule is O=C(CCCn1cncn1)NCC1CCCC1O. The van der Waals surface area contributed by atoms with E-state index in [4.69, 9.17) is 0 Å². The van der Waals surface area contributed by atoms with E-state index in [1.807, 2.05) is 0 Å². The van der Waals surface area contributed by atoms with Crippen LogP contribution >= 0.6 is 0 Å². The molecule has 1 heterocycles. The molecule has 100 valence electrons. The second kappa shape index (κ2) is 6.49. The zero-order valence-electron chi connectivity index (χ0n) is 10.5. The first kappa shape index (κ1) is 13.0. The molecule has 2 atom stereocenters. The fourth-order valence-corrected chi connectivity index (χ4v) is 2.34.